The molecule has 134 valence electrons. The zero-order valence-corrected chi connectivity index (χ0v) is 14.8. The molecule has 1 aliphatic rings. The van der Waals surface area contributed by atoms with Crippen LogP contribution >= 0.6 is 0 Å². The molecule has 4 rings (SSSR count). The fourth-order valence-corrected chi connectivity index (χ4v) is 3.75. The number of nitrogens with one attached hydrogen (secondary N) is 2. The van der Waals surface area contributed by atoms with E-state index >= 15 is 0 Å². The summed E-state index contributed by atoms with van der Waals surface area (Å²) in [7, 11) is 0. The van der Waals surface area contributed by atoms with E-state index in [0.29, 0.717) is 5.69 Å². The fraction of sp³-hybridized carbons (Fsp3) is 0.238. The molecule has 2 N–H and O–H groups in total. The second-order valence-electron chi connectivity index (χ2n) is 6.81. The molecule has 0 saturated heterocycles. The van der Waals surface area contributed by atoms with Gasteiger partial charge in [-0.25, -0.2) is 14.8 Å². The number of urea groups is 1. The van der Waals surface area contributed by atoms with Crippen LogP contribution in [0.5, 0.6) is 0 Å². The zero-order chi connectivity index (χ0) is 18.7. The molecular formula is C21H19N5O. The van der Waals surface area contributed by atoms with Crippen molar-refractivity contribution in [2.75, 3.05) is 5.32 Å². The number of carbonyl (C=O) groups excluding carboxylic acids is 1. The molecule has 0 bridgehead atoms. The van der Waals surface area contributed by atoms with Gasteiger partial charge in [-0.3, -0.25) is 0 Å². The number of amides is 2. The molecule has 0 spiro atoms. The molecular weight excluding hydrogens is 338 g/mol. The maximum Gasteiger partial charge on any atom is 0.319 e. The monoisotopic (exact) mass is 357 g/mol. The van der Waals surface area contributed by atoms with E-state index in [1.807, 2.05) is 48.5 Å². The number of nitriles is 1. The van der Waals surface area contributed by atoms with Gasteiger partial charge >= 0.3 is 6.03 Å². The van der Waals surface area contributed by atoms with E-state index in [1.165, 1.54) is 0 Å². The minimum absolute atomic E-state index is 0.121. The Labute approximate surface area is 157 Å². The largest absolute Gasteiger partial charge is 0.327 e. The Hall–Kier alpha value is -3.46. The normalized spacial score (nSPS) is 15.2. The Balaban J connectivity index is 1.56. The molecule has 2 amide bonds. The summed E-state index contributed by atoms with van der Waals surface area (Å²) in [4.78, 5) is 21.0. The summed E-state index contributed by atoms with van der Waals surface area (Å²) in [5.41, 5.74) is 0.870. The average molecular weight is 357 g/mol. The third kappa shape index (κ3) is 3.44. The van der Waals surface area contributed by atoms with Gasteiger partial charge in [0.15, 0.2) is 0 Å². The van der Waals surface area contributed by atoms with Crippen molar-refractivity contribution in [3.8, 4) is 6.07 Å². The number of carbonyl (C=O) groups is 1. The molecule has 6 nitrogen and oxygen atoms in total. The highest BCUT2D eigenvalue weighted by molar-refractivity contribution is 5.93. The van der Waals surface area contributed by atoms with E-state index in [4.69, 9.17) is 5.26 Å². The summed E-state index contributed by atoms with van der Waals surface area (Å²) in [6.45, 7) is 0. The van der Waals surface area contributed by atoms with Crippen molar-refractivity contribution in [3.63, 3.8) is 0 Å². The molecule has 1 saturated carbocycles. The van der Waals surface area contributed by atoms with E-state index < -0.39 is 5.54 Å². The number of rotatable bonds is 3. The van der Waals surface area contributed by atoms with E-state index in [-0.39, 0.29) is 11.9 Å². The Kier molecular flexibility index (Phi) is 4.43. The third-order valence-corrected chi connectivity index (χ3v) is 5.06. The summed E-state index contributed by atoms with van der Waals surface area (Å²) >= 11 is 0. The van der Waals surface area contributed by atoms with E-state index in [1.54, 1.807) is 12.3 Å². The second kappa shape index (κ2) is 7.04. The first-order valence-electron chi connectivity index (χ1n) is 9.00. The first-order chi connectivity index (χ1) is 13.2. The van der Waals surface area contributed by atoms with Crippen LogP contribution in [-0.2, 0) is 5.54 Å². The zero-order valence-electron chi connectivity index (χ0n) is 14.8. The van der Waals surface area contributed by atoms with Crippen molar-refractivity contribution in [1.29, 1.82) is 5.26 Å². The fourth-order valence-electron chi connectivity index (χ4n) is 3.75. The van der Waals surface area contributed by atoms with Gasteiger partial charge in [0.2, 0.25) is 5.82 Å². The van der Waals surface area contributed by atoms with Crippen LogP contribution in [0, 0.1) is 11.3 Å². The molecule has 1 heterocycles. The Bertz CT molecular complexity index is 1030. The molecule has 0 radical (unpaired) electrons. The predicted molar refractivity (Wildman–Crippen MR) is 103 cm³/mol. The van der Waals surface area contributed by atoms with E-state index in [9.17, 15) is 4.79 Å². The summed E-state index contributed by atoms with van der Waals surface area (Å²) < 4.78 is 0. The molecule has 3 aromatic rings. The van der Waals surface area contributed by atoms with Crippen LogP contribution in [0.4, 0.5) is 10.5 Å². The Morgan fingerprint density at radius 2 is 1.85 bits per heavy atom. The lowest BCUT2D eigenvalue weighted by Crippen LogP contribution is -2.46. The second-order valence-corrected chi connectivity index (χ2v) is 6.81. The van der Waals surface area contributed by atoms with Crippen molar-refractivity contribution in [2.45, 2.75) is 31.2 Å². The standard InChI is InChI=1S/C21H19N5O/c22-14-19-23-12-9-18(25-19)21(10-3-4-11-21)26-20(27)24-17-8-7-15-5-1-2-6-16(15)13-17/h1-2,5-9,12-13H,3-4,10-11H2,(H2,24,26,27). The number of fused-ring (bicyclic) bond motifs is 1. The summed E-state index contributed by atoms with van der Waals surface area (Å²) in [5, 5.41) is 17.3. The lowest BCUT2D eigenvalue weighted by atomic mass is 9.93. The Morgan fingerprint density at radius 3 is 2.63 bits per heavy atom. The number of aromatic nitrogens is 2. The SMILES string of the molecule is N#Cc1nccc(C2(NC(=O)Nc3ccc4ccccc4c3)CCCC2)n1. The van der Waals surface area contributed by atoms with Crippen molar-refractivity contribution in [1.82, 2.24) is 15.3 Å². The van der Waals surface area contributed by atoms with Crippen LogP contribution < -0.4 is 10.6 Å². The molecule has 2 aromatic carbocycles. The number of hydrogen-bond donors (Lipinski definition) is 2. The van der Waals surface area contributed by atoms with Crippen molar-refractivity contribution >= 4 is 22.5 Å². The summed E-state index contributed by atoms with van der Waals surface area (Å²) in [6, 6.07) is 17.3. The van der Waals surface area contributed by atoms with Crippen LogP contribution in [0.2, 0.25) is 0 Å². The maximum atomic E-state index is 12.7. The van der Waals surface area contributed by atoms with Crippen LogP contribution in [0.25, 0.3) is 10.8 Å². The molecule has 0 atom stereocenters. The highest BCUT2D eigenvalue weighted by Crippen LogP contribution is 2.37. The van der Waals surface area contributed by atoms with Crippen molar-refractivity contribution in [3.05, 3.63) is 66.2 Å². The van der Waals surface area contributed by atoms with Gasteiger partial charge in [-0.2, -0.15) is 5.26 Å². The van der Waals surface area contributed by atoms with Gasteiger partial charge in [-0.1, -0.05) is 43.2 Å². The van der Waals surface area contributed by atoms with Crippen LogP contribution in [0.15, 0.2) is 54.7 Å². The molecule has 27 heavy (non-hydrogen) atoms. The van der Waals surface area contributed by atoms with Crippen molar-refractivity contribution < 1.29 is 4.79 Å². The Morgan fingerprint density at radius 1 is 1.07 bits per heavy atom. The average Bonchev–Trinajstić information content (AvgIpc) is 3.17. The van der Waals surface area contributed by atoms with Gasteiger partial charge in [-0.15, -0.1) is 0 Å². The first-order valence-corrected chi connectivity index (χ1v) is 9.00. The predicted octanol–water partition coefficient (Wildman–Crippen LogP) is 4.09. The maximum absolute atomic E-state index is 12.7. The topological polar surface area (TPSA) is 90.7 Å². The lowest BCUT2D eigenvalue weighted by Gasteiger charge is -2.29. The summed E-state index contributed by atoms with van der Waals surface area (Å²) in [6.07, 6.45) is 5.16. The quantitative estimate of drug-likeness (QED) is 0.738. The van der Waals surface area contributed by atoms with Gasteiger partial charge in [0.1, 0.15) is 6.07 Å². The van der Waals surface area contributed by atoms with Gasteiger partial charge < -0.3 is 10.6 Å². The lowest BCUT2D eigenvalue weighted by molar-refractivity contribution is 0.235. The van der Waals surface area contributed by atoms with Gasteiger partial charge in [-0.05, 0) is 41.8 Å². The molecule has 0 aliphatic heterocycles. The number of benzene rings is 2. The highest BCUT2D eigenvalue weighted by Gasteiger charge is 2.38. The van der Waals surface area contributed by atoms with Crippen LogP contribution in [0.3, 0.4) is 0 Å². The number of hydrogen-bond acceptors (Lipinski definition) is 4. The van der Waals surface area contributed by atoms with Gasteiger partial charge in [0.25, 0.3) is 0 Å². The molecule has 6 heteroatoms. The van der Waals surface area contributed by atoms with Crippen LogP contribution in [0.1, 0.15) is 37.2 Å². The van der Waals surface area contributed by atoms with E-state index in [0.717, 1.165) is 42.1 Å². The molecule has 1 fully saturated rings. The summed E-state index contributed by atoms with van der Waals surface area (Å²) in [5.74, 6) is 0.121. The molecule has 0 unspecified atom stereocenters. The minimum atomic E-state index is -0.560. The minimum Gasteiger partial charge on any atom is -0.327 e. The van der Waals surface area contributed by atoms with Crippen LogP contribution in [-0.4, -0.2) is 16.0 Å². The smallest absolute Gasteiger partial charge is 0.319 e. The molecule has 1 aliphatic carbocycles. The third-order valence-electron chi connectivity index (χ3n) is 5.06. The number of anilines is 1. The number of nitrogens with zero attached hydrogens (tertiary/aromatic N) is 3. The van der Waals surface area contributed by atoms with Gasteiger partial charge in [0, 0.05) is 11.9 Å². The molecule has 1 aromatic heterocycles. The van der Waals surface area contributed by atoms with E-state index in [2.05, 4.69) is 20.6 Å². The van der Waals surface area contributed by atoms with Crippen molar-refractivity contribution in [2.24, 2.45) is 0 Å². The first kappa shape index (κ1) is 17.0. The van der Waals surface area contributed by atoms with Gasteiger partial charge in [0.05, 0.1) is 11.2 Å². The highest BCUT2D eigenvalue weighted by atomic mass is 16.2.